The Morgan fingerprint density at radius 2 is 1.76 bits per heavy atom. The maximum absolute atomic E-state index is 12.2. The highest BCUT2D eigenvalue weighted by molar-refractivity contribution is 6.29. The van der Waals surface area contributed by atoms with E-state index in [1.807, 2.05) is 4.90 Å². The second kappa shape index (κ2) is 6.01. The summed E-state index contributed by atoms with van der Waals surface area (Å²) >= 11 is 5.71. The Hall–Kier alpha value is -1.09. The molecule has 0 bridgehead atoms. The first-order valence-corrected chi connectivity index (χ1v) is 6.56. The molecular weight excluding hydrogens is 236 g/mol. The van der Waals surface area contributed by atoms with E-state index in [0.29, 0.717) is 10.7 Å². The summed E-state index contributed by atoms with van der Waals surface area (Å²) in [7, 11) is 0. The fraction of sp³-hybridized carbons (Fsp3) is 0.538. The van der Waals surface area contributed by atoms with E-state index >= 15 is 0 Å². The molecular formula is C13H17ClN2O. The Balaban J connectivity index is 2.04. The molecule has 1 amide bonds. The summed E-state index contributed by atoms with van der Waals surface area (Å²) in [5, 5.41) is 0.425. The minimum absolute atomic E-state index is 0.0797. The van der Waals surface area contributed by atoms with Gasteiger partial charge in [-0.1, -0.05) is 30.9 Å². The fourth-order valence-corrected chi connectivity index (χ4v) is 2.25. The quantitative estimate of drug-likeness (QED) is 0.720. The molecule has 0 spiro atoms. The predicted molar refractivity (Wildman–Crippen MR) is 68.2 cm³/mol. The Kier molecular flexibility index (Phi) is 4.37. The molecule has 0 N–H and O–H groups in total. The number of hydrogen-bond donors (Lipinski definition) is 0. The van der Waals surface area contributed by atoms with Crippen molar-refractivity contribution in [1.29, 1.82) is 0 Å². The zero-order valence-electron chi connectivity index (χ0n) is 9.86. The van der Waals surface area contributed by atoms with Crippen LogP contribution in [0.4, 0.5) is 0 Å². The lowest BCUT2D eigenvalue weighted by atomic mass is 10.1. The number of carbonyl (C=O) groups excluding carboxylic acids is 1. The summed E-state index contributed by atoms with van der Waals surface area (Å²) in [5.74, 6) is 0.0797. The molecule has 0 saturated carbocycles. The van der Waals surface area contributed by atoms with Gasteiger partial charge in [0, 0.05) is 19.3 Å². The molecule has 0 aliphatic carbocycles. The Bertz CT molecular complexity index is 370. The molecule has 2 rings (SSSR count). The third kappa shape index (κ3) is 3.43. The Labute approximate surface area is 107 Å². The third-order valence-electron chi connectivity index (χ3n) is 3.12. The van der Waals surface area contributed by atoms with E-state index in [-0.39, 0.29) is 5.91 Å². The molecule has 4 heteroatoms. The molecule has 2 heterocycles. The van der Waals surface area contributed by atoms with Crippen molar-refractivity contribution in [2.24, 2.45) is 0 Å². The minimum atomic E-state index is 0.0797. The monoisotopic (exact) mass is 252 g/mol. The number of pyridine rings is 1. The molecule has 1 saturated heterocycles. The topological polar surface area (TPSA) is 33.2 Å². The molecule has 1 aliphatic heterocycles. The van der Waals surface area contributed by atoms with Gasteiger partial charge in [0.25, 0.3) is 5.91 Å². The van der Waals surface area contributed by atoms with E-state index in [1.165, 1.54) is 19.3 Å². The van der Waals surface area contributed by atoms with E-state index in [2.05, 4.69) is 4.98 Å². The van der Waals surface area contributed by atoms with E-state index in [0.717, 1.165) is 25.9 Å². The van der Waals surface area contributed by atoms with Gasteiger partial charge in [0.2, 0.25) is 0 Å². The Morgan fingerprint density at radius 1 is 1.12 bits per heavy atom. The smallest absolute Gasteiger partial charge is 0.255 e. The molecule has 1 fully saturated rings. The summed E-state index contributed by atoms with van der Waals surface area (Å²) in [6.45, 7) is 1.73. The highest BCUT2D eigenvalue weighted by Crippen LogP contribution is 2.14. The molecule has 1 aliphatic rings. The van der Waals surface area contributed by atoms with Gasteiger partial charge >= 0.3 is 0 Å². The second-order valence-electron chi connectivity index (χ2n) is 4.43. The van der Waals surface area contributed by atoms with Crippen LogP contribution >= 0.6 is 11.6 Å². The van der Waals surface area contributed by atoms with Crippen LogP contribution in [0.25, 0.3) is 0 Å². The number of hydrogen-bond acceptors (Lipinski definition) is 2. The number of likely N-dealkylation sites (tertiary alicyclic amines) is 1. The van der Waals surface area contributed by atoms with Crippen molar-refractivity contribution in [3.63, 3.8) is 0 Å². The normalized spacial score (nSPS) is 17.4. The van der Waals surface area contributed by atoms with Crippen molar-refractivity contribution >= 4 is 17.5 Å². The van der Waals surface area contributed by atoms with Gasteiger partial charge in [0.15, 0.2) is 0 Å². The SMILES string of the molecule is O=C(c1ccc(Cl)nc1)N1CCCCCCC1. The summed E-state index contributed by atoms with van der Waals surface area (Å²) in [5.41, 5.74) is 0.634. The lowest BCUT2D eigenvalue weighted by Gasteiger charge is -2.24. The highest BCUT2D eigenvalue weighted by Gasteiger charge is 2.16. The molecule has 0 unspecified atom stereocenters. The molecule has 0 atom stereocenters. The van der Waals surface area contributed by atoms with Crippen LogP contribution < -0.4 is 0 Å². The van der Waals surface area contributed by atoms with Crippen LogP contribution in [-0.4, -0.2) is 28.9 Å². The largest absolute Gasteiger partial charge is 0.339 e. The zero-order valence-corrected chi connectivity index (χ0v) is 10.6. The van der Waals surface area contributed by atoms with Crippen LogP contribution in [0.5, 0.6) is 0 Å². The minimum Gasteiger partial charge on any atom is -0.339 e. The van der Waals surface area contributed by atoms with Gasteiger partial charge in [-0.25, -0.2) is 4.98 Å². The third-order valence-corrected chi connectivity index (χ3v) is 3.34. The van der Waals surface area contributed by atoms with Crippen molar-refractivity contribution in [2.45, 2.75) is 32.1 Å². The predicted octanol–water partition coefficient (Wildman–Crippen LogP) is 3.14. The van der Waals surface area contributed by atoms with E-state index in [4.69, 9.17) is 11.6 Å². The van der Waals surface area contributed by atoms with Crippen molar-refractivity contribution in [3.05, 3.63) is 29.0 Å². The lowest BCUT2D eigenvalue weighted by molar-refractivity contribution is 0.0742. The second-order valence-corrected chi connectivity index (χ2v) is 4.82. The first kappa shape index (κ1) is 12.4. The van der Waals surface area contributed by atoms with E-state index in [9.17, 15) is 4.79 Å². The van der Waals surface area contributed by atoms with E-state index < -0.39 is 0 Å². The molecule has 1 aromatic rings. The molecule has 0 aromatic carbocycles. The van der Waals surface area contributed by atoms with Crippen LogP contribution in [0.1, 0.15) is 42.5 Å². The lowest BCUT2D eigenvalue weighted by Crippen LogP contribution is -2.33. The highest BCUT2D eigenvalue weighted by atomic mass is 35.5. The van der Waals surface area contributed by atoms with Gasteiger partial charge in [-0.05, 0) is 25.0 Å². The number of amides is 1. The van der Waals surface area contributed by atoms with Gasteiger partial charge in [0.1, 0.15) is 5.15 Å². The average Bonchev–Trinajstić information content (AvgIpc) is 2.29. The first-order valence-electron chi connectivity index (χ1n) is 6.18. The molecule has 17 heavy (non-hydrogen) atoms. The maximum Gasteiger partial charge on any atom is 0.255 e. The maximum atomic E-state index is 12.2. The first-order chi connectivity index (χ1) is 8.27. The van der Waals surface area contributed by atoms with Crippen molar-refractivity contribution in [1.82, 2.24) is 9.88 Å². The van der Waals surface area contributed by atoms with Gasteiger partial charge in [-0.2, -0.15) is 0 Å². The molecule has 0 radical (unpaired) electrons. The van der Waals surface area contributed by atoms with Crippen molar-refractivity contribution < 1.29 is 4.79 Å². The number of aromatic nitrogens is 1. The summed E-state index contributed by atoms with van der Waals surface area (Å²) in [4.78, 5) is 18.1. The van der Waals surface area contributed by atoms with Crippen LogP contribution in [0.15, 0.2) is 18.3 Å². The summed E-state index contributed by atoms with van der Waals surface area (Å²) < 4.78 is 0. The zero-order chi connectivity index (χ0) is 12.1. The number of nitrogens with zero attached hydrogens (tertiary/aromatic N) is 2. The number of carbonyl (C=O) groups is 1. The number of halogens is 1. The van der Waals surface area contributed by atoms with Crippen molar-refractivity contribution in [3.8, 4) is 0 Å². The van der Waals surface area contributed by atoms with Crippen LogP contribution in [0.2, 0.25) is 5.15 Å². The van der Waals surface area contributed by atoms with Gasteiger partial charge < -0.3 is 4.90 Å². The van der Waals surface area contributed by atoms with E-state index in [1.54, 1.807) is 18.3 Å². The van der Waals surface area contributed by atoms with Crippen LogP contribution in [0, 0.1) is 0 Å². The summed E-state index contributed by atoms with van der Waals surface area (Å²) in [6, 6.07) is 3.41. The standard InChI is InChI=1S/C13H17ClN2O/c14-12-7-6-11(10-15-12)13(17)16-8-4-2-1-3-5-9-16/h6-7,10H,1-5,8-9H2. The van der Waals surface area contributed by atoms with Gasteiger partial charge in [-0.3, -0.25) is 4.79 Å². The fourth-order valence-electron chi connectivity index (χ4n) is 2.14. The van der Waals surface area contributed by atoms with Crippen LogP contribution in [-0.2, 0) is 0 Å². The van der Waals surface area contributed by atoms with Crippen molar-refractivity contribution in [2.75, 3.05) is 13.1 Å². The molecule has 1 aromatic heterocycles. The van der Waals surface area contributed by atoms with Gasteiger partial charge in [0.05, 0.1) is 5.56 Å². The molecule has 3 nitrogen and oxygen atoms in total. The average molecular weight is 253 g/mol. The van der Waals surface area contributed by atoms with Gasteiger partial charge in [-0.15, -0.1) is 0 Å². The molecule has 92 valence electrons. The summed E-state index contributed by atoms with van der Waals surface area (Å²) in [6.07, 6.45) is 7.51. The number of rotatable bonds is 1. The Morgan fingerprint density at radius 3 is 2.35 bits per heavy atom. The van der Waals surface area contributed by atoms with Crippen LogP contribution in [0.3, 0.4) is 0 Å².